The van der Waals surface area contributed by atoms with Crippen LogP contribution in [0.15, 0.2) is 54.9 Å². The molecule has 0 fully saturated rings. The lowest BCUT2D eigenvalue weighted by atomic mass is 10.1. The van der Waals surface area contributed by atoms with Gasteiger partial charge in [-0.1, -0.05) is 36.4 Å². The minimum atomic E-state index is 0.343. The van der Waals surface area contributed by atoms with Crippen LogP contribution in [0.1, 0.15) is 24.1 Å². The highest BCUT2D eigenvalue weighted by Crippen LogP contribution is 2.16. The van der Waals surface area contributed by atoms with Crippen LogP contribution in [-0.2, 0) is 13.6 Å². The van der Waals surface area contributed by atoms with Gasteiger partial charge in [-0.2, -0.15) is 0 Å². The second kappa shape index (κ2) is 5.47. The van der Waals surface area contributed by atoms with E-state index in [2.05, 4.69) is 59.7 Å². The summed E-state index contributed by atoms with van der Waals surface area (Å²) in [6.07, 6.45) is 1.86. The summed E-state index contributed by atoms with van der Waals surface area (Å²) in [6.45, 7) is 3.04. The van der Waals surface area contributed by atoms with Crippen LogP contribution in [0.3, 0.4) is 0 Å². The van der Waals surface area contributed by atoms with Gasteiger partial charge in [0, 0.05) is 19.6 Å². The lowest BCUT2D eigenvalue weighted by molar-refractivity contribution is 0.575. The van der Waals surface area contributed by atoms with E-state index in [-0.39, 0.29) is 0 Å². The van der Waals surface area contributed by atoms with Gasteiger partial charge in [0.05, 0.1) is 17.4 Å². The number of benzene rings is 2. The van der Waals surface area contributed by atoms with Gasteiger partial charge >= 0.3 is 0 Å². The third kappa shape index (κ3) is 2.58. The second-order valence-corrected chi connectivity index (χ2v) is 5.19. The Labute approximate surface area is 119 Å². The lowest BCUT2D eigenvalue weighted by Gasteiger charge is -2.14. The Morgan fingerprint density at radius 1 is 1.15 bits per heavy atom. The van der Waals surface area contributed by atoms with E-state index in [1.807, 2.05) is 24.0 Å². The van der Waals surface area contributed by atoms with Crippen molar-refractivity contribution < 1.29 is 0 Å². The minimum Gasteiger partial charge on any atom is -0.334 e. The second-order valence-electron chi connectivity index (χ2n) is 5.19. The van der Waals surface area contributed by atoms with Crippen LogP contribution in [0.4, 0.5) is 0 Å². The summed E-state index contributed by atoms with van der Waals surface area (Å²) < 4.78 is 2.04. The van der Waals surface area contributed by atoms with E-state index in [0.29, 0.717) is 6.04 Å². The molecule has 0 spiro atoms. The van der Waals surface area contributed by atoms with Gasteiger partial charge in [0.2, 0.25) is 0 Å². The molecule has 0 bridgehead atoms. The quantitative estimate of drug-likeness (QED) is 0.783. The van der Waals surface area contributed by atoms with Crippen LogP contribution in [0.25, 0.3) is 11.0 Å². The molecule has 0 aliphatic heterocycles. The SMILES string of the molecule is C[C@@H](NCc1ccc2c(c1)ncn2C)c1ccccc1. The Kier molecular flexibility index (Phi) is 3.52. The van der Waals surface area contributed by atoms with Crippen LogP contribution < -0.4 is 5.32 Å². The average molecular weight is 265 g/mol. The largest absolute Gasteiger partial charge is 0.334 e. The van der Waals surface area contributed by atoms with E-state index in [0.717, 1.165) is 12.1 Å². The number of hydrogen-bond acceptors (Lipinski definition) is 2. The zero-order valence-corrected chi connectivity index (χ0v) is 11.9. The van der Waals surface area contributed by atoms with Gasteiger partial charge in [-0.05, 0) is 30.2 Å². The van der Waals surface area contributed by atoms with E-state index in [1.54, 1.807) is 0 Å². The number of imidazole rings is 1. The number of nitrogens with zero attached hydrogens (tertiary/aromatic N) is 2. The molecule has 1 N–H and O–H groups in total. The maximum atomic E-state index is 4.40. The van der Waals surface area contributed by atoms with Crippen molar-refractivity contribution in [2.45, 2.75) is 19.5 Å². The van der Waals surface area contributed by atoms with Crippen LogP contribution in [-0.4, -0.2) is 9.55 Å². The first-order valence-electron chi connectivity index (χ1n) is 6.92. The van der Waals surface area contributed by atoms with E-state index in [4.69, 9.17) is 0 Å². The summed E-state index contributed by atoms with van der Waals surface area (Å²) >= 11 is 0. The van der Waals surface area contributed by atoms with Gasteiger partial charge < -0.3 is 9.88 Å². The molecule has 0 aliphatic carbocycles. The molecule has 1 atom stereocenters. The molecule has 0 unspecified atom stereocenters. The van der Waals surface area contributed by atoms with Crippen molar-refractivity contribution in [2.75, 3.05) is 0 Å². The number of fused-ring (bicyclic) bond motifs is 1. The smallest absolute Gasteiger partial charge is 0.0955 e. The molecule has 0 saturated heterocycles. The molecular weight excluding hydrogens is 246 g/mol. The van der Waals surface area contributed by atoms with E-state index < -0.39 is 0 Å². The number of nitrogens with one attached hydrogen (secondary N) is 1. The van der Waals surface area contributed by atoms with Gasteiger partial charge in [-0.15, -0.1) is 0 Å². The van der Waals surface area contributed by atoms with Crippen molar-refractivity contribution in [1.29, 1.82) is 0 Å². The molecule has 0 amide bonds. The first-order valence-corrected chi connectivity index (χ1v) is 6.92. The van der Waals surface area contributed by atoms with Crippen molar-refractivity contribution in [3.8, 4) is 0 Å². The summed E-state index contributed by atoms with van der Waals surface area (Å²) in [6, 6.07) is 17.3. The summed E-state index contributed by atoms with van der Waals surface area (Å²) in [5.74, 6) is 0. The van der Waals surface area contributed by atoms with Crippen molar-refractivity contribution >= 4 is 11.0 Å². The van der Waals surface area contributed by atoms with Gasteiger partial charge in [-0.3, -0.25) is 0 Å². The Morgan fingerprint density at radius 2 is 1.95 bits per heavy atom. The number of rotatable bonds is 4. The fraction of sp³-hybridized carbons (Fsp3) is 0.235. The molecule has 3 heteroatoms. The summed E-state index contributed by atoms with van der Waals surface area (Å²) in [4.78, 5) is 4.40. The first-order chi connectivity index (χ1) is 9.74. The van der Waals surface area contributed by atoms with Crippen molar-refractivity contribution in [3.63, 3.8) is 0 Å². The molecular formula is C17H19N3. The fourth-order valence-electron chi connectivity index (χ4n) is 2.42. The molecule has 3 nitrogen and oxygen atoms in total. The Morgan fingerprint density at radius 3 is 2.75 bits per heavy atom. The van der Waals surface area contributed by atoms with Crippen molar-refractivity contribution in [3.05, 3.63) is 66.0 Å². The van der Waals surface area contributed by atoms with Gasteiger partial charge in [0.15, 0.2) is 0 Å². The average Bonchev–Trinajstić information content (AvgIpc) is 2.87. The standard InChI is InChI=1S/C17H19N3/c1-13(15-6-4-3-5-7-15)18-11-14-8-9-17-16(10-14)19-12-20(17)2/h3-10,12-13,18H,11H2,1-2H3/t13-/m1/s1. The molecule has 1 heterocycles. The molecule has 0 aliphatic rings. The minimum absolute atomic E-state index is 0.343. The highest BCUT2D eigenvalue weighted by molar-refractivity contribution is 5.75. The Hall–Kier alpha value is -2.13. The highest BCUT2D eigenvalue weighted by Gasteiger charge is 2.05. The van der Waals surface area contributed by atoms with Crippen LogP contribution >= 0.6 is 0 Å². The van der Waals surface area contributed by atoms with E-state index in [1.165, 1.54) is 16.6 Å². The Bertz CT molecular complexity index is 701. The predicted octanol–water partition coefficient (Wildman–Crippen LogP) is 3.42. The van der Waals surface area contributed by atoms with Gasteiger partial charge in [0.25, 0.3) is 0 Å². The molecule has 2 aromatic carbocycles. The zero-order valence-electron chi connectivity index (χ0n) is 11.9. The fourth-order valence-corrected chi connectivity index (χ4v) is 2.42. The van der Waals surface area contributed by atoms with Gasteiger partial charge in [-0.25, -0.2) is 4.98 Å². The van der Waals surface area contributed by atoms with E-state index in [9.17, 15) is 0 Å². The Balaban J connectivity index is 1.70. The summed E-state index contributed by atoms with van der Waals surface area (Å²) in [5.41, 5.74) is 4.80. The van der Waals surface area contributed by atoms with Crippen LogP contribution in [0.2, 0.25) is 0 Å². The summed E-state index contributed by atoms with van der Waals surface area (Å²) in [7, 11) is 2.02. The highest BCUT2D eigenvalue weighted by atomic mass is 15.0. The molecule has 102 valence electrons. The monoisotopic (exact) mass is 265 g/mol. The maximum Gasteiger partial charge on any atom is 0.0955 e. The predicted molar refractivity (Wildman–Crippen MR) is 82.4 cm³/mol. The van der Waals surface area contributed by atoms with Crippen molar-refractivity contribution in [2.24, 2.45) is 7.05 Å². The first kappa shape index (κ1) is 12.9. The third-order valence-corrected chi connectivity index (χ3v) is 3.70. The van der Waals surface area contributed by atoms with E-state index >= 15 is 0 Å². The molecule has 20 heavy (non-hydrogen) atoms. The number of aryl methyl sites for hydroxylation is 1. The molecule has 1 aromatic heterocycles. The topological polar surface area (TPSA) is 29.9 Å². The van der Waals surface area contributed by atoms with Crippen LogP contribution in [0.5, 0.6) is 0 Å². The number of aromatic nitrogens is 2. The summed E-state index contributed by atoms with van der Waals surface area (Å²) in [5, 5.41) is 3.55. The number of hydrogen-bond donors (Lipinski definition) is 1. The molecule has 0 saturated carbocycles. The van der Waals surface area contributed by atoms with Gasteiger partial charge in [0.1, 0.15) is 0 Å². The lowest BCUT2D eigenvalue weighted by Crippen LogP contribution is -2.17. The maximum absolute atomic E-state index is 4.40. The molecule has 0 radical (unpaired) electrons. The molecule has 3 rings (SSSR count). The zero-order chi connectivity index (χ0) is 13.9. The molecule has 3 aromatic rings. The van der Waals surface area contributed by atoms with Crippen LogP contribution in [0, 0.1) is 0 Å². The van der Waals surface area contributed by atoms with Crippen molar-refractivity contribution in [1.82, 2.24) is 14.9 Å². The third-order valence-electron chi connectivity index (χ3n) is 3.70. The normalized spacial score (nSPS) is 12.7.